The van der Waals surface area contributed by atoms with E-state index in [9.17, 15) is 5.11 Å². The van der Waals surface area contributed by atoms with Crippen LogP contribution in [0, 0.1) is 0 Å². The van der Waals surface area contributed by atoms with Crippen LogP contribution in [0.2, 0.25) is 5.02 Å². The van der Waals surface area contributed by atoms with Crippen LogP contribution >= 0.6 is 11.6 Å². The van der Waals surface area contributed by atoms with E-state index in [0.717, 1.165) is 5.75 Å². The summed E-state index contributed by atoms with van der Waals surface area (Å²) in [6.45, 7) is 0.902. The third kappa shape index (κ3) is 4.48. The van der Waals surface area contributed by atoms with Crippen molar-refractivity contribution in [2.24, 2.45) is 0 Å². The lowest BCUT2D eigenvalue weighted by Crippen LogP contribution is -2.36. The lowest BCUT2D eigenvalue weighted by molar-refractivity contribution is 0.104. The smallest absolute Gasteiger partial charge is 0.119 e. The van der Waals surface area contributed by atoms with E-state index in [0.29, 0.717) is 24.2 Å². The molecule has 0 unspecified atom stereocenters. The Balaban J connectivity index is 1.64. The monoisotopic (exact) mass is 269 g/mol. The van der Waals surface area contributed by atoms with Gasteiger partial charge in [0.1, 0.15) is 18.5 Å². The molecule has 18 heavy (non-hydrogen) atoms. The summed E-state index contributed by atoms with van der Waals surface area (Å²) in [6.07, 6.45) is 4.58. The molecule has 1 fully saturated rings. The highest BCUT2D eigenvalue weighted by Gasteiger charge is 2.15. The molecule has 0 heterocycles. The number of aliphatic hydroxyl groups excluding tert-OH is 1. The molecule has 1 aromatic carbocycles. The van der Waals surface area contributed by atoms with Crippen molar-refractivity contribution in [3.63, 3.8) is 0 Å². The largest absolute Gasteiger partial charge is 0.491 e. The van der Waals surface area contributed by atoms with Gasteiger partial charge in [-0.3, -0.25) is 0 Å². The van der Waals surface area contributed by atoms with Crippen molar-refractivity contribution in [3.8, 4) is 5.75 Å². The van der Waals surface area contributed by atoms with E-state index in [4.69, 9.17) is 16.3 Å². The quantitative estimate of drug-likeness (QED) is 0.834. The number of aliphatic hydroxyl groups is 1. The fourth-order valence-electron chi connectivity index (χ4n) is 2.21. The zero-order valence-electron chi connectivity index (χ0n) is 10.4. The van der Waals surface area contributed by atoms with E-state index in [1.165, 1.54) is 25.7 Å². The number of rotatable bonds is 6. The number of benzene rings is 1. The third-order valence-electron chi connectivity index (χ3n) is 3.25. The maximum Gasteiger partial charge on any atom is 0.119 e. The van der Waals surface area contributed by atoms with Gasteiger partial charge in [-0.1, -0.05) is 24.4 Å². The average molecular weight is 270 g/mol. The first kappa shape index (κ1) is 13.7. The van der Waals surface area contributed by atoms with Crippen molar-refractivity contribution in [1.29, 1.82) is 0 Å². The Hall–Kier alpha value is -0.770. The molecule has 4 heteroatoms. The maximum absolute atomic E-state index is 9.81. The summed E-state index contributed by atoms with van der Waals surface area (Å²) in [7, 11) is 0. The molecular weight excluding hydrogens is 250 g/mol. The predicted octanol–water partition coefficient (Wildman–Crippen LogP) is 2.61. The van der Waals surface area contributed by atoms with Gasteiger partial charge in [-0.25, -0.2) is 0 Å². The second-order valence-electron chi connectivity index (χ2n) is 4.81. The van der Waals surface area contributed by atoms with Crippen molar-refractivity contribution < 1.29 is 9.84 Å². The molecule has 1 atom stereocenters. The van der Waals surface area contributed by atoms with E-state index in [2.05, 4.69) is 5.32 Å². The fraction of sp³-hybridized carbons (Fsp3) is 0.571. The Kier molecular flexibility index (Phi) is 5.29. The molecule has 1 saturated carbocycles. The first-order chi connectivity index (χ1) is 8.74. The summed E-state index contributed by atoms with van der Waals surface area (Å²) in [5, 5.41) is 13.9. The van der Waals surface area contributed by atoms with Crippen LogP contribution in [-0.4, -0.2) is 30.4 Å². The predicted molar refractivity (Wildman–Crippen MR) is 73.2 cm³/mol. The Bertz CT molecular complexity index is 349. The standard InChI is InChI=1S/C14H20ClNO2/c15-11-5-7-14(8-6-11)18-10-13(17)9-16-12-3-1-2-4-12/h5-8,12-13,16-17H,1-4,9-10H2/t13-/m1/s1. The average Bonchev–Trinajstić information content (AvgIpc) is 2.89. The minimum absolute atomic E-state index is 0.307. The normalized spacial score (nSPS) is 17.9. The van der Waals surface area contributed by atoms with E-state index in [-0.39, 0.29) is 0 Å². The Labute approximate surface area is 113 Å². The van der Waals surface area contributed by atoms with E-state index < -0.39 is 6.10 Å². The lowest BCUT2D eigenvalue weighted by atomic mass is 10.2. The first-order valence-corrected chi connectivity index (χ1v) is 6.91. The first-order valence-electron chi connectivity index (χ1n) is 6.54. The van der Waals surface area contributed by atoms with Gasteiger partial charge < -0.3 is 15.2 Å². The van der Waals surface area contributed by atoms with Gasteiger partial charge >= 0.3 is 0 Å². The molecule has 0 amide bonds. The fourth-order valence-corrected chi connectivity index (χ4v) is 2.34. The number of ether oxygens (including phenoxy) is 1. The van der Waals surface area contributed by atoms with Gasteiger partial charge in [-0.05, 0) is 37.1 Å². The highest BCUT2D eigenvalue weighted by molar-refractivity contribution is 6.30. The number of nitrogens with one attached hydrogen (secondary N) is 1. The SMILES string of the molecule is O[C@H](CNC1CCCC1)COc1ccc(Cl)cc1. The Morgan fingerprint density at radius 2 is 1.94 bits per heavy atom. The molecule has 2 N–H and O–H groups in total. The minimum Gasteiger partial charge on any atom is -0.491 e. The summed E-state index contributed by atoms with van der Waals surface area (Å²) >= 11 is 5.78. The van der Waals surface area contributed by atoms with Crippen molar-refractivity contribution in [3.05, 3.63) is 29.3 Å². The van der Waals surface area contributed by atoms with Gasteiger partial charge in [0.2, 0.25) is 0 Å². The van der Waals surface area contributed by atoms with Crippen LogP contribution in [0.5, 0.6) is 5.75 Å². The highest BCUT2D eigenvalue weighted by atomic mass is 35.5. The molecule has 2 rings (SSSR count). The molecule has 0 bridgehead atoms. The molecule has 100 valence electrons. The van der Waals surface area contributed by atoms with Crippen molar-refractivity contribution in [1.82, 2.24) is 5.32 Å². The van der Waals surface area contributed by atoms with Crippen LogP contribution in [0.1, 0.15) is 25.7 Å². The number of halogens is 1. The van der Waals surface area contributed by atoms with Crippen molar-refractivity contribution in [2.45, 2.75) is 37.8 Å². The van der Waals surface area contributed by atoms with Gasteiger partial charge in [-0.2, -0.15) is 0 Å². The van der Waals surface area contributed by atoms with Gasteiger partial charge in [0.05, 0.1) is 0 Å². The van der Waals surface area contributed by atoms with Gasteiger partial charge in [0, 0.05) is 17.6 Å². The number of hydrogen-bond donors (Lipinski definition) is 2. The molecule has 0 radical (unpaired) electrons. The second-order valence-corrected chi connectivity index (χ2v) is 5.24. The van der Waals surface area contributed by atoms with Gasteiger partial charge in [-0.15, -0.1) is 0 Å². The molecule has 1 aliphatic carbocycles. The third-order valence-corrected chi connectivity index (χ3v) is 3.51. The van der Waals surface area contributed by atoms with E-state index in [1.807, 2.05) is 0 Å². The summed E-state index contributed by atoms with van der Waals surface area (Å²) in [5.74, 6) is 0.735. The van der Waals surface area contributed by atoms with Crippen LogP contribution in [0.3, 0.4) is 0 Å². The van der Waals surface area contributed by atoms with Crippen molar-refractivity contribution in [2.75, 3.05) is 13.2 Å². The molecule has 0 spiro atoms. The summed E-state index contributed by atoms with van der Waals surface area (Å²) in [6, 6.07) is 7.74. The Morgan fingerprint density at radius 1 is 1.28 bits per heavy atom. The zero-order chi connectivity index (χ0) is 12.8. The van der Waals surface area contributed by atoms with E-state index in [1.54, 1.807) is 24.3 Å². The topological polar surface area (TPSA) is 41.5 Å². The molecule has 0 saturated heterocycles. The minimum atomic E-state index is -0.471. The molecular formula is C14H20ClNO2. The van der Waals surface area contributed by atoms with Crippen molar-refractivity contribution >= 4 is 11.6 Å². The van der Waals surface area contributed by atoms with Gasteiger partial charge in [0.25, 0.3) is 0 Å². The number of hydrogen-bond acceptors (Lipinski definition) is 3. The van der Waals surface area contributed by atoms with Crippen LogP contribution in [0.15, 0.2) is 24.3 Å². The molecule has 0 aromatic heterocycles. The lowest BCUT2D eigenvalue weighted by Gasteiger charge is -2.16. The highest BCUT2D eigenvalue weighted by Crippen LogP contribution is 2.18. The maximum atomic E-state index is 9.81. The zero-order valence-corrected chi connectivity index (χ0v) is 11.2. The Morgan fingerprint density at radius 3 is 2.61 bits per heavy atom. The second kappa shape index (κ2) is 6.98. The van der Waals surface area contributed by atoms with Crippen LogP contribution in [0.25, 0.3) is 0 Å². The molecule has 0 aliphatic heterocycles. The van der Waals surface area contributed by atoms with E-state index >= 15 is 0 Å². The molecule has 1 aliphatic rings. The van der Waals surface area contributed by atoms with Crippen LogP contribution < -0.4 is 10.1 Å². The van der Waals surface area contributed by atoms with Crippen LogP contribution in [-0.2, 0) is 0 Å². The summed E-state index contributed by atoms with van der Waals surface area (Å²) in [5.41, 5.74) is 0. The molecule has 1 aromatic rings. The molecule has 3 nitrogen and oxygen atoms in total. The summed E-state index contributed by atoms with van der Waals surface area (Å²) < 4.78 is 5.49. The van der Waals surface area contributed by atoms with Gasteiger partial charge in [0.15, 0.2) is 0 Å². The summed E-state index contributed by atoms with van der Waals surface area (Å²) in [4.78, 5) is 0. The van der Waals surface area contributed by atoms with Crippen LogP contribution in [0.4, 0.5) is 0 Å².